The molecule has 0 spiro atoms. The first-order valence-corrected chi connectivity index (χ1v) is 12.0. The number of thioether (sulfide) groups is 1. The molecule has 5 heteroatoms. The molecule has 172 valence electrons. The second-order valence-corrected chi connectivity index (χ2v) is 8.50. The van der Waals surface area contributed by atoms with Crippen molar-refractivity contribution in [2.75, 3.05) is 0 Å². The molecule has 0 amide bonds. The van der Waals surface area contributed by atoms with Crippen LogP contribution in [0.25, 0.3) is 0 Å². The number of hydrogen-bond donors (Lipinski definition) is 0. The second kappa shape index (κ2) is 14.8. The highest BCUT2D eigenvalue weighted by molar-refractivity contribution is 8.03. The van der Waals surface area contributed by atoms with Gasteiger partial charge in [-0.25, -0.2) is 4.79 Å². The lowest BCUT2D eigenvalue weighted by Gasteiger charge is -2.07. The number of carbonyl (C=O) groups is 2. The Labute approximate surface area is 201 Å². The van der Waals surface area contributed by atoms with E-state index in [2.05, 4.69) is 18.7 Å². The number of rotatable bonds is 13. The molecule has 0 bridgehead atoms. The Bertz CT molecular complexity index is 1010. The SMILES string of the molecule is C=C/C=C(\C=C/C)Sc1ccc(C(=O)/C(CCCCCC)=N\OC(=O)c2ccccc2)cc1. The molecular weight excluding hydrogens is 430 g/mol. The van der Waals surface area contributed by atoms with E-state index in [0.29, 0.717) is 17.5 Å². The number of carbonyl (C=O) groups excluding carboxylic acids is 2. The fourth-order valence-electron chi connectivity index (χ4n) is 3.02. The zero-order chi connectivity index (χ0) is 23.9. The number of oxime groups is 1. The highest BCUT2D eigenvalue weighted by Gasteiger charge is 2.17. The Morgan fingerprint density at radius 3 is 2.36 bits per heavy atom. The van der Waals surface area contributed by atoms with Gasteiger partial charge in [0.25, 0.3) is 0 Å². The van der Waals surface area contributed by atoms with Gasteiger partial charge in [0.05, 0.1) is 5.56 Å². The maximum atomic E-state index is 13.1. The number of allylic oxidation sites excluding steroid dienone is 4. The van der Waals surface area contributed by atoms with Gasteiger partial charge in [0.1, 0.15) is 5.71 Å². The molecule has 0 atom stereocenters. The van der Waals surface area contributed by atoms with Crippen LogP contribution in [0.2, 0.25) is 0 Å². The molecule has 0 unspecified atom stereocenters. The van der Waals surface area contributed by atoms with E-state index in [-0.39, 0.29) is 11.5 Å². The molecule has 0 heterocycles. The van der Waals surface area contributed by atoms with Gasteiger partial charge in [-0.3, -0.25) is 4.79 Å². The number of unbranched alkanes of at least 4 members (excludes halogenated alkanes) is 3. The summed E-state index contributed by atoms with van der Waals surface area (Å²) in [6.07, 6.45) is 12.1. The van der Waals surface area contributed by atoms with Crippen LogP contribution in [-0.4, -0.2) is 17.5 Å². The van der Waals surface area contributed by atoms with Crippen molar-refractivity contribution in [1.29, 1.82) is 0 Å². The van der Waals surface area contributed by atoms with E-state index in [9.17, 15) is 9.59 Å². The second-order valence-electron chi connectivity index (χ2n) is 7.35. The van der Waals surface area contributed by atoms with Crippen LogP contribution in [0.15, 0.2) is 100 Å². The van der Waals surface area contributed by atoms with Gasteiger partial charge in [0.15, 0.2) is 0 Å². The van der Waals surface area contributed by atoms with Gasteiger partial charge < -0.3 is 4.84 Å². The van der Waals surface area contributed by atoms with Crippen LogP contribution in [0.1, 0.15) is 66.7 Å². The Morgan fingerprint density at radius 2 is 1.73 bits per heavy atom. The third-order valence-electron chi connectivity index (χ3n) is 4.74. The molecule has 2 aromatic rings. The molecule has 0 radical (unpaired) electrons. The fraction of sp³-hybridized carbons (Fsp3) is 0.250. The molecule has 0 aromatic heterocycles. The average Bonchev–Trinajstić information content (AvgIpc) is 2.84. The molecule has 0 aliphatic rings. The lowest BCUT2D eigenvalue weighted by molar-refractivity contribution is 0.0514. The van der Waals surface area contributed by atoms with Crippen LogP contribution in [-0.2, 0) is 4.84 Å². The minimum Gasteiger partial charge on any atom is -0.312 e. The Hall–Kier alpha value is -3.18. The van der Waals surface area contributed by atoms with Gasteiger partial charge in [0, 0.05) is 15.4 Å². The number of nitrogens with zero attached hydrogens (tertiary/aromatic N) is 1. The van der Waals surface area contributed by atoms with Crippen LogP contribution < -0.4 is 0 Å². The van der Waals surface area contributed by atoms with E-state index in [4.69, 9.17) is 4.84 Å². The van der Waals surface area contributed by atoms with Gasteiger partial charge >= 0.3 is 5.97 Å². The summed E-state index contributed by atoms with van der Waals surface area (Å²) >= 11 is 1.59. The topological polar surface area (TPSA) is 55.7 Å². The first-order chi connectivity index (χ1) is 16.1. The van der Waals surface area contributed by atoms with E-state index in [1.165, 1.54) is 0 Å². The van der Waals surface area contributed by atoms with Crippen molar-refractivity contribution >= 4 is 29.2 Å². The molecule has 0 aliphatic heterocycles. The third-order valence-corrected chi connectivity index (χ3v) is 5.76. The zero-order valence-corrected chi connectivity index (χ0v) is 20.1. The van der Waals surface area contributed by atoms with Gasteiger partial charge in [-0.15, -0.1) is 0 Å². The first kappa shape index (κ1) is 26.1. The monoisotopic (exact) mass is 461 g/mol. The molecule has 2 aromatic carbocycles. The molecule has 0 N–H and O–H groups in total. The van der Waals surface area contributed by atoms with E-state index >= 15 is 0 Å². The quantitative estimate of drug-likeness (QED) is 0.0581. The largest absolute Gasteiger partial charge is 0.365 e. The third kappa shape index (κ3) is 9.07. The molecule has 4 nitrogen and oxygen atoms in total. The van der Waals surface area contributed by atoms with Gasteiger partial charge in [-0.05, 0) is 62.2 Å². The lowest BCUT2D eigenvalue weighted by Crippen LogP contribution is -2.16. The van der Waals surface area contributed by atoms with Crippen LogP contribution in [0.5, 0.6) is 0 Å². The standard InChI is InChI=1S/C28H31NO3S/c1-4-7-8-12-17-26(29-32-28(31)23-15-10-9-11-16-23)27(30)22-18-20-25(21-19-22)33-24(13-5-2)14-6-3/h5-6,9-11,13-16,18-21H,2,4,7-8,12,17H2,1,3H3/b14-6-,24-13+,29-26-. The minimum absolute atomic E-state index is 0.223. The smallest absolute Gasteiger partial charge is 0.312 e. The van der Waals surface area contributed by atoms with Crippen LogP contribution in [0.4, 0.5) is 0 Å². The van der Waals surface area contributed by atoms with E-state index in [1.807, 2.05) is 43.4 Å². The first-order valence-electron chi connectivity index (χ1n) is 11.2. The number of benzene rings is 2. The van der Waals surface area contributed by atoms with Crippen molar-refractivity contribution in [2.45, 2.75) is 50.8 Å². The summed E-state index contributed by atoms with van der Waals surface area (Å²) in [6, 6.07) is 16.0. The van der Waals surface area contributed by atoms with Crippen molar-refractivity contribution in [3.8, 4) is 0 Å². The highest BCUT2D eigenvalue weighted by atomic mass is 32.2. The van der Waals surface area contributed by atoms with Gasteiger partial charge in [0.2, 0.25) is 5.78 Å². The number of Topliss-reactive ketones (excluding diaryl/α,β-unsaturated/α-hetero) is 1. The summed E-state index contributed by atoms with van der Waals surface area (Å²) in [5.41, 5.74) is 1.17. The summed E-state index contributed by atoms with van der Waals surface area (Å²) < 4.78 is 0. The van der Waals surface area contributed by atoms with Crippen LogP contribution >= 0.6 is 11.8 Å². The van der Waals surface area contributed by atoms with Crippen molar-refractivity contribution in [3.63, 3.8) is 0 Å². The molecule has 0 aliphatic carbocycles. The van der Waals surface area contributed by atoms with Gasteiger partial charge in [-0.2, -0.15) is 0 Å². The van der Waals surface area contributed by atoms with Crippen molar-refractivity contribution < 1.29 is 14.4 Å². The van der Waals surface area contributed by atoms with Gasteiger partial charge in [-0.1, -0.05) is 86.1 Å². The summed E-state index contributed by atoms with van der Waals surface area (Å²) in [5.74, 6) is -0.800. The van der Waals surface area contributed by atoms with Crippen molar-refractivity contribution in [2.24, 2.45) is 5.16 Å². The van der Waals surface area contributed by atoms with E-state index in [1.54, 1.807) is 54.2 Å². The zero-order valence-electron chi connectivity index (χ0n) is 19.3. The Kier molecular flexibility index (Phi) is 11.7. The minimum atomic E-state index is -0.577. The van der Waals surface area contributed by atoms with Crippen LogP contribution in [0.3, 0.4) is 0 Å². The fourth-order valence-corrected chi connectivity index (χ4v) is 3.94. The molecule has 0 saturated carbocycles. The van der Waals surface area contributed by atoms with E-state index < -0.39 is 5.97 Å². The summed E-state index contributed by atoms with van der Waals surface area (Å²) in [5, 5.41) is 3.98. The Morgan fingerprint density at radius 1 is 1.00 bits per heavy atom. The average molecular weight is 462 g/mol. The molecule has 0 fully saturated rings. The van der Waals surface area contributed by atoms with Crippen molar-refractivity contribution in [1.82, 2.24) is 0 Å². The Balaban J connectivity index is 2.16. The maximum Gasteiger partial charge on any atom is 0.365 e. The summed E-state index contributed by atoms with van der Waals surface area (Å²) in [6.45, 7) is 7.84. The molecule has 0 saturated heterocycles. The lowest BCUT2D eigenvalue weighted by atomic mass is 10.0. The summed E-state index contributed by atoms with van der Waals surface area (Å²) in [7, 11) is 0. The molecule has 33 heavy (non-hydrogen) atoms. The predicted octanol–water partition coefficient (Wildman–Crippen LogP) is 7.79. The number of hydrogen-bond acceptors (Lipinski definition) is 5. The highest BCUT2D eigenvalue weighted by Crippen LogP contribution is 2.28. The molecular formula is C28H31NO3S. The van der Waals surface area contributed by atoms with Crippen molar-refractivity contribution in [3.05, 3.63) is 102 Å². The van der Waals surface area contributed by atoms with Crippen LogP contribution in [0, 0.1) is 0 Å². The number of ketones is 1. The summed E-state index contributed by atoms with van der Waals surface area (Å²) in [4.78, 5) is 32.6. The van der Waals surface area contributed by atoms with E-state index in [0.717, 1.165) is 35.5 Å². The maximum absolute atomic E-state index is 13.1. The predicted molar refractivity (Wildman–Crippen MR) is 138 cm³/mol. The normalized spacial score (nSPS) is 12.1. The molecule has 2 rings (SSSR count).